The third-order valence-corrected chi connectivity index (χ3v) is 11.4. The Balaban J connectivity index is 1.22. The van der Waals surface area contributed by atoms with Gasteiger partial charge in [-0.25, -0.2) is 0 Å². The van der Waals surface area contributed by atoms with Gasteiger partial charge in [0, 0.05) is 16.8 Å². The second-order valence-electron chi connectivity index (χ2n) is 14.8. The first-order chi connectivity index (χ1) is 26.6. The molecule has 0 saturated carbocycles. The Bertz CT molecular complexity index is 2820. The van der Waals surface area contributed by atoms with E-state index in [4.69, 9.17) is 0 Å². The van der Waals surface area contributed by atoms with Crippen LogP contribution in [0.5, 0.6) is 0 Å². The van der Waals surface area contributed by atoms with Gasteiger partial charge < -0.3 is 4.90 Å². The summed E-state index contributed by atoms with van der Waals surface area (Å²) in [6.07, 6.45) is 0. The molecule has 1 aliphatic carbocycles. The zero-order valence-electron chi connectivity index (χ0n) is 30.5. The predicted molar refractivity (Wildman–Crippen MR) is 230 cm³/mol. The molecule has 1 heteroatoms. The van der Waals surface area contributed by atoms with Crippen molar-refractivity contribution in [1.82, 2.24) is 0 Å². The van der Waals surface area contributed by atoms with Crippen molar-refractivity contribution in [2.24, 2.45) is 0 Å². The number of fused-ring (bicyclic) bond motifs is 6. The standard InChI is InChI=1S/C53H39N/c1-53(2)51-45(28-16-30-47(51)50-44-27-15-13-25-42(44)41-24-12-14-26-43(41)49(50)38-20-8-4-9-21-38)46-29-17-31-48(52(46)53)54(39-22-10-5-11-23-39)40-34-32-37(33-35-40)36-18-6-3-7-19-36/h3-35H,1-2H3. The molecule has 0 aliphatic heterocycles. The van der Waals surface area contributed by atoms with E-state index in [1.165, 1.54) is 82.9 Å². The zero-order valence-corrected chi connectivity index (χ0v) is 30.5. The fraction of sp³-hybridized carbons (Fsp3) is 0.0566. The van der Waals surface area contributed by atoms with Crippen LogP contribution in [-0.2, 0) is 5.41 Å². The maximum absolute atomic E-state index is 2.45. The minimum Gasteiger partial charge on any atom is -0.310 e. The van der Waals surface area contributed by atoms with E-state index in [-0.39, 0.29) is 5.41 Å². The molecule has 0 fully saturated rings. The number of nitrogens with zero attached hydrogens (tertiary/aromatic N) is 1. The summed E-state index contributed by atoms with van der Waals surface area (Å²) in [4.78, 5) is 2.45. The SMILES string of the molecule is CC1(C)c2c(cccc2-c2c(-c3ccccc3)c3ccccc3c3ccccc23)-c2cccc(N(c3ccccc3)c3ccc(-c4ccccc4)cc3)c21. The average molecular weight is 690 g/mol. The highest BCUT2D eigenvalue weighted by atomic mass is 15.1. The van der Waals surface area contributed by atoms with Crippen molar-refractivity contribution in [2.75, 3.05) is 4.90 Å². The van der Waals surface area contributed by atoms with Gasteiger partial charge in [0.2, 0.25) is 0 Å². The topological polar surface area (TPSA) is 3.24 Å². The summed E-state index contributed by atoms with van der Waals surface area (Å²) in [6, 6.07) is 73.2. The van der Waals surface area contributed by atoms with E-state index in [1.54, 1.807) is 0 Å². The molecule has 54 heavy (non-hydrogen) atoms. The lowest BCUT2D eigenvalue weighted by Crippen LogP contribution is -2.21. The molecule has 0 bridgehead atoms. The normalized spacial score (nSPS) is 12.8. The molecule has 0 unspecified atom stereocenters. The van der Waals surface area contributed by atoms with E-state index >= 15 is 0 Å². The van der Waals surface area contributed by atoms with Crippen molar-refractivity contribution in [3.05, 3.63) is 211 Å². The van der Waals surface area contributed by atoms with Crippen LogP contribution in [-0.4, -0.2) is 0 Å². The second-order valence-corrected chi connectivity index (χ2v) is 14.8. The van der Waals surface area contributed by atoms with E-state index in [2.05, 4.69) is 219 Å². The van der Waals surface area contributed by atoms with Gasteiger partial charge in [-0.3, -0.25) is 0 Å². The minimum absolute atomic E-state index is 0.324. The van der Waals surface area contributed by atoms with Crippen molar-refractivity contribution >= 4 is 38.6 Å². The molecule has 0 amide bonds. The Morgan fingerprint density at radius 2 is 0.759 bits per heavy atom. The Labute approximate surface area is 317 Å². The first kappa shape index (κ1) is 32.0. The van der Waals surface area contributed by atoms with Crippen LogP contribution in [0.15, 0.2) is 200 Å². The Morgan fingerprint density at radius 1 is 0.315 bits per heavy atom. The van der Waals surface area contributed by atoms with Gasteiger partial charge in [-0.1, -0.05) is 184 Å². The molecule has 9 aromatic rings. The molecular formula is C53H39N. The van der Waals surface area contributed by atoms with Crippen LogP contribution in [0.25, 0.3) is 66.1 Å². The highest BCUT2D eigenvalue weighted by Gasteiger charge is 2.41. The van der Waals surface area contributed by atoms with Crippen LogP contribution in [0, 0.1) is 0 Å². The Hall–Kier alpha value is -6.70. The molecule has 0 spiro atoms. The van der Waals surface area contributed by atoms with Crippen LogP contribution < -0.4 is 4.90 Å². The average Bonchev–Trinajstić information content (AvgIpc) is 3.48. The zero-order chi connectivity index (χ0) is 36.2. The summed E-state index contributed by atoms with van der Waals surface area (Å²) in [6.45, 7) is 4.86. The van der Waals surface area contributed by atoms with E-state index in [0.717, 1.165) is 11.4 Å². The quantitative estimate of drug-likeness (QED) is 0.157. The fourth-order valence-corrected chi connectivity index (χ4v) is 9.15. The summed E-state index contributed by atoms with van der Waals surface area (Å²) in [7, 11) is 0. The van der Waals surface area contributed by atoms with Gasteiger partial charge in [0.25, 0.3) is 0 Å². The number of hydrogen-bond acceptors (Lipinski definition) is 1. The summed E-state index contributed by atoms with van der Waals surface area (Å²) < 4.78 is 0. The Morgan fingerprint density at radius 3 is 1.39 bits per heavy atom. The van der Waals surface area contributed by atoms with Gasteiger partial charge in [0.05, 0.1) is 5.69 Å². The molecule has 0 saturated heterocycles. The van der Waals surface area contributed by atoms with Gasteiger partial charge in [-0.15, -0.1) is 0 Å². The van der Waals surface area contributed by atoms with Crippen LogP contribution in [0.2, 0.25) is 0 Å². The van der Waals surface area contributed by atoms with Gasteiger partial charge in [0.1, 0.15) is 0 Å². The van der Waals surface area contributed by atoms with Crippen LogP contribution >= 0.6 is 0 Å². The summed E-state index contributed by atoms with van der Waals surface area (Å²) in [5.74, 6) is 0. The maximum atomic E-state index is 2.45. The molecule has 256 valence electrons. The number of benzene rings is 9. The molecular weight excluding hydrogens is 651 g/mol. The van der Waals surface area contributed by atoms with Crippen molar-refractivity contribution < 1.29 is 0 Å². The molecule has 1 nitrogen and oxygen atoms in total. The lowest BCUT2D eigenvalue weighted by molar-refractivity contribution is 0.662. The molecule has 0 atom stereocenters. The lowest BCUT2D eigenvalue weighted by atomic mass is 9.75. The highest BCUT2D eigenvalue weighted by Crippen LogP contribution is 2.58. The van der Waals surface area contributed by atoms with E-state index in [9.17, 15) is 0 Å². The predicted octanol–water partition coefficient (Wildman–Crippen LogP) is 14.8. The van der Waals surface area contributed by atoms with Gasteiger partial charge in [0.15, 0.2) is 0 Å². The fourth-order valence-electron chi connectivity index (χ4n) is 9.15. The number of hydrogen-bond donors (Lipinski definition) is 0. The molecule has 0 N–H and O–H groups in total. The van der Waals surface area contributed by atoms with Gasteiger partial charge in [-0.2, -0.15) is 0 Å². The summed E-state index contributed by atoms with van der Waals surface area (Å²) >= 11 is 0. The van der Waals surface area contributed by atoms with E-state index in [0.29, 0.717) is 0 Å². The van der Waals surface area contributed by atoms with E-state index in [1.807, 2.05) is 0 Å². The van der Waals surface area contributed by atoms with Crippen molar-refractivity contribution in [2.45, 2.75) is 19.3 Å². The smallest absolute Gasteiger partial charge is 0.0508 e. The Kier molecular flexibility index (Phi) is 7.56. The first-order valence-electron chi connectivity index (χ1n) is 18.9. The van der Waals surface area contributed by atoms with Crippen molar-refractivity contribution in [3.63, 3.8) is 0 Å². The molecule has 1 aliphatic rings. The van der Waals surface area contributed by atoms with E-state index < -0.39 is 0 Å². The second kappa shape index (κ2) is 12.8. The third kappa shape index (κ3) is 5.00. The summed E-state index contributed by atoms with van der Waals surface area (Å²) in [5.41, 5.74) is 16.0. The highest BCUT2D eigenvalue weighted by molar-refractivity contribution is 6.22. The molecule has 10 rings (SSSR count). The summed E-state index contributed by atoms with van der Waals surface area (Å²) in [5, 5.41) is 5.12. The molecule has 0 radical (unpaired) electrons. The number of anilines is 3. The van der Waals surface area contributed by atoms with Crippen molar-refractivity contribution in [1.29, 1.82) is 0 Å². The monoisotopic (exact) mass is 689 g/mol. The van der Waals surface area contributed by atoms with Crippen LogP contribution in [0.3, 0.4) is 0 Å². The maximum Gasteiger partial charge on any atom is 0.0508 e. The van der Waals surface area contributed by atoms with Gasteiger partial charge in [-0.05, 0) is 108 Å². The van der Waals surface area contributed by atoms with Crippen molar-refractivity contribution in [3.8, 4) is 44.5 Å². The molecule has 9 aromatic carbocycles. The first-order valence-corrected chi connectivity index (χ1v) is 18.9. The molecule has 0 aromatic heterocycles. The third-order valence-electron chi connectivity index (χ3n) is 11.4. The number of rotatable bonds is 6. The minimum atomic E-state index is -0.324. The largest absolute Gasteiger partial charge is 0.310 e. The lowest BCUT2D eigenvalue weighted by Gasteiger charge is -2.33. The van der Waals surface area contributed by atoms with Crippen LogP contribution in [0.1, 0.15) is 25.0 Å². The van der Waals surface area contributed by atoms with Crippen LogP contribution in [0.4, 0.5) is 17.1 Å². The molecule has 0 heterocycles. The van der Waals surface area contributed by atoms with Gasteiger partial charge >= 0.3 is 0 Å². The number of para-hydroxylation sites is 1.